The first-order valence-corrected chi connectivity index (χ1v) is 9.68. The largest absolute Gasteiger partial charge is 0.493 e. The fraction of sp³-hybridized carbons (Fsp3) is 0.238. The van der Waals surface area contributed by atoms with Gasteiger partial charge in [0, 0.05) is 0 Å². The molecular formula is C21H20N2O3S. The van der Waals surface area contributed by atoms with E-state index in [0.29, 0.717) is 21.0 Å². The van der Waals surface area contributed by atoms with Crippen LogP contribution in [-0.2, 0) is 0 Å². The van der Waals surface area contributed by atoms with E-state index < -0.39 is 0 Å². The lowest BCUT2D eigenvalue weighted by molar-refractivity contribution is 0.207. The van der Waals surface area contributed by atoms with Crippen LogP contribution in [0.5, 0.6) is 11.5 Å². The molecule has 0 fully saturated rings. The van der Waals surface area contributed by atoms with Crippen LogP contribution < -0.4 is 19.6 Å². The van der Waals surface area contributed by atoms with Crippen LogP contribution in [-0.4, -0.2) is 22.6 Å². The summed E-state index contributed by atoms with van der Waals surface area (Å²) in [6.45, 7) is 4.10. The molecule has 0 aliphatic rings. The molecule has 2 aromatic heterocycles. The van der Waals surface area contributed by atoms with Crippen molar-refractivity contribution in [3.05, 3.63) is 62.9 Å². The number of hydrogen-bond acceptors (Lipinski definition) is 5. The molecule has 0 saturated carbocycles. The number of aromatic nitrogens is 2. The predicted molar refractivity (Wildman–Crippen MR) is 109 cm³/mol. The number of thiazole rings is 1. The van der Waals surface area contributed by atoms with E-state index in [1.54, 1.807) is 11.5 Å². The molecule has 1 unspecified atom stereocenters. The number of hydrogen-bond donors (Lipinski definition) is 0. The number of benzene rings is 2. The average molecular weight is 380 g/mol. The van der Waals surface area contributed by atoms with E-state index in [0.717, 1.165) is 23.0 Å². The summed E-state index contributed by atoms with van der Waals surface area (Å²) >= 11 is 1.39. The van der Waals surface area contributed by atoms with Gasteiger partial charge in [-0.25, -0.2) is 9.38 Å². The number of imidazole rings is 1. The van der Waals surface area contributed by atoms with E-state index in [-0.39, 0.29) is 11.7 Å². The topological polar surface area (TPSA) is 52.8 Å². The van der Waals surface area contributed by atoms with Crippen LogP contribution >= 0.6 is 11.3 Å². The number of methoxy groups -OCH3 is 1. The zero-order valence-corrected chi connectivity index (χ0v) is 16.2. The van der Waals surface area contributed by atoms with E-state index >= 15 is 0 Å². The van der Waals surface area contributed by atoms with Gasteiger partial charge in [-0.1, -0.05) is 36.5 Å². The standard InChI is InChI=1S/C21H20N2O3S/c1-4-13(2)26-17-10-9-14(11-18(17)25-3)12-19-20(24)23-16-8-6-5-7-15(16)22-21(23)27-19/h5-13H,4H2,1-3H3. The molecule has 0 N–H and O–H groups in total. The summed E-state index contributed by atoms with van der Waals surface area (Å²) in [6, 6.07) is 13.4. The van der Waals surface area contributed by atoms with Crippen molar-refractivity contribution in [1.82, 2.24) is 9.38 Å². The molecule has 0 aliphatic carbocycles. The third-order valence-electron chi connectivity index (χ3n) is 4.53. The number of ether oxygens (including phenoxy) is 2. The van der Waals surface area contributed by atoms with Gasteiger partial charge in [0.1, 0.15) is 0 Å². The quantitative estimate of drug-likeness (QED) is 0.530. The van der Waals surface area contributed by atoms with Crippen LogP contribution in [0.2, 0.25) is 0 Å². The molecule has 0 aliphatic heterocycles. The zero-order chi connectivity index (χ0) is 19.0. The monoisotopic (exact) mass is 380 g/mol. The predicted octanol–water partition coefficient (Wildman–Crippen LogP) is 3.64. The van der Waals surface area contributed by atoms with Crippen LogP contribution in [0.25, 0.3) is 22.1 Å². The van der Waals surface area contributed by atoms with E-state index in [4.69, 9.17) is 9.47 Å². The van der Waals surface area contributed by atoms with Crippen molar-refractivity contribution in [2.24, 2.45) is 0 Å². The van der Waals surface area contributed by atoms with Crippen molar-refractivity contribution in [3.8, 4) is 11.5 Å². The Hall–Kier alpha value is -2.86. The highest BCUT2D eigenvalue weighted by atomic mass is 32.1. The van der Waals surface area contributed by atoms with Crippen molar-refractivity contribution in [3.63, 3.8) is 0 Å². The molecule has 0 amide bonds. The summed E-state index contributed by atoms with van der Waals surface area (Å²) in [4.78, 5) is 18.1. The van der Waals surface area contributed by atoms with Crippen LogP contribution in [0.4, 0.5) is 0 Å². The number of fused-ring (bicyclic) bond motifs is 3. The van der Waals surface area contributed by atoms with Crippen molar-refractivity contribution in [2.75, 3.05) is 7.11 Å². The van der Waals surface area contributed by atoms with Gasteiger partial charge in [0.05, 0.1) is 28.8 Å². The molecule has 1 atom stereocenters. The van der Waals surface area contributed by atoms with Crippen molar-refractivity contribution >= 4 is 33.4 Å². The lowest BCUT2D eigenvalue weighted by atomic mass is 10.2. The van der Waals surface area contributed by atoms with Crippen LogP contribution in [0, 0.1) is 0 Å². The van der Waals surface area contributed by atoms with Crippen LogP contribution in [0.1, 0.15) is 25.8 Å². The highest BCUT2D eigenvalue weighted by Crippen LogP contribution is 2.29. The molecular weight excluding hydrogens is 360 g/mol. The number of rotatable bonds is 5. The minimum absolute atomic E-state index is 0.0531. The zero-order valence-electron chi connectivity index (χ0n) is 15.4. The minimum atomic E-state index is -0.0531. The fourth-order valence-electron chi connectivity index (χ4n) is 2.93. The average Bonchev–Trinajstić information content (AvgIpc) is 3.19. The first kappa shape index (κ1) is 17.5. The third-order valence-corrected chi connectivity index (χ3v) is 5.50. The first-order valence-electron chi connectivity index (χ1n) is 8.87. The van der Waals surface area contributed by atoms with Crippen molar-refractivity contribution in [2.45, 2.75) is 26.4 Å². The van der Waals surface area contributed by atoms with Crippen molar-refractivity contribution < 1.29 is 9.47 Å². The van der Waals surface area contributed by atoms with E-state index in [2.05, 4.69) is 11.9 Å². The summed E-state index contributed by atoms with van der Waals surface area (Å²) in [6.07, 6.45) is 2.89. The SMILES string of the molecule is CCC(C)Oc1ccc(C=c2sc3nc4ccccc4n3c2=O)cc1OC. The van der Waals surface area contributed by atoms with Gasteiger partial charge in [-0.15, -0.1) is 0 Å². The fourth-order valence-corrected chi connectivity index (χ4v) is 3.92. The lowest BCUT2D eigenvalue weighted by Gasteiger charge is -2.15. The summed E-state index contributed by atoms with van der Waals surface area (Å²) in [5, 5.41) is 0. The Bertz CT molecular complexity index is 1230. The smallest absolute Gasteiger partial charge is 0.274 e. The Kier molecular flexibility index (Phi) is 4.58. The van der Waals surface area contributed by atoms with Crippen LogP contribution in [0.15, 0.2) is 47.3 Å². The maximum atomic E-state index is 12.9. The van der Waals surface area contributed by atoms with Gasteiger partial charge in [0.15, 0.2) is 16.5 Å². The van der Waals surface area contributed by atoms with E-state index in [9.17, 15) is 4.79 Å². The first-order chi connectivity index (χ1) is 13.1. The molecule has 0 radical (unpaired) electrons. The summed E-state index contributed by atoms with van der Waals surface area (Å²) in [7, 11) is 1.62. The molecule has 4 rings (SSSR count). The maximum absolute atomic E-state index is 12.9. The molecule has 2 heterocycles. The second-order valence-corrected chi connectivity index (χ2v) is 7.39. The molecule has 4 aromatic rings. The third kappa shape index (κ3) is 3.17. The Morgan fingerprint density at radius 1 is 1.22 bits per heavy atom. The lowest BCUT2D eigenvalue weighted by Crippen LogP contribution is -2.22. The molecule has 27 heavy (non-hydrogen) atoms. The minimum Gasteiger partial charge on any atom is -0.493 e. The number of nitrogens with zero attached hydrogens (tertiary/aromatic N) is 2. The second-order valence-electron chi connectivity index (χ2n) is 6.38. The van der Waals surface area contributed by atoms with Gasteiger partial charge in [0.2, 0.25) is 0 Å². The molecule has 6 heteroatoms. The summed E-state index contributed by atoms with van der Waals surface area (Å²) < 4.78 is 13.7. The Morgan fingerprint density at radius 3 is 2.81 bits per heavy atom. The van der Waals surface area contributed by atoms with E-state index in [1.807, 2.05) is 55.5 Å². The highest BCUT2D eigenvalue weighted by molar-refractivity contribution is 7.15. The van der Waals surface area contributed by atoms with E-state index in [1.165, 1.54) is 11.3 Å². The van der Waals surface area contributed by atoms with Crippen molar-refractivity contribution in [1.29, 1.82) is 0 Å². The van der Waals surface area contributed by atoms with Gasteiger partial charge in [-0.3, -0.25) is 4.79 Å². The second kappa shape index (κ2) is 7.04. The Morgan fingerprint density at radius 2 is 2.04 bits per heavy atom. The molecule has 0 spiro atoms. The summed E-state index contributed by atoms with van der Waals surface area (Å²) in [5.74, 6) is 1.36. The Labute approximate surface area is 160 Å². The molecule has 0 bridgehead atoms. The molecule has 5 nitrogen and oxygen atoms in total. The molecule has 0 saturated heterocycles. The number of para-hydroxylation sites is 2. The maximum Gasteiger partial charge on any atom is 0.274 e. The van der Waals surface area contributed by atoms with Gasteiger partial charge in [-0.2, -0.15) is 0 Å². The van der Waals surface area contributed by atoms with Gasteiger partial charge >= 0.3 is 0 Å². The Balaban J connectivity index is 1.79. The van der Waals surface area contributed by atoms with Gasteiger partial charge in [-0.05, 0) is 49.2 Å². The van der Waals surface area contributed by atoms with Crippen LogP contribution in [0.3, 0.4) is 0 Å². The van der Waals surface area contributed by atoms with Gasteiger partial charge in [0.25, 0.3) is 5.56 Å². The normalized spacial score (nSPS) is 13.4. The van der Waals surface area contributed by atoms with Gasteiger partial charge < -0.3 is 9.47 Å². The molecule has 138 valence electrons. The summed E-state index contributed by atoms with van der Waals surface area (Å²) in [5.41, 5.74) is 2.50. The molecule has 2 aromatic carbocycles. The highest BCUT2D eigenvalue weighted by Gasteiger charge is 2.12.